The molecule has 39 heavy (non-hydrogen) atoms. The number of rotatable bonds is 6. The van der Waals surface area contributed by atoms with Crippen LogP contribution in [0, 0.1) is 5.92 Å². The number of aromatic nitrogens is 2. The van der Waals surface area contributed by atoms with Crippen molar-refractivity contribution in [3.63, 3.8) is 0 Å². The maximum absolute atomic E-state index is 12.6. The van der Waals surface area contributed by atoms with Crippen LogP contribution in [0.2, 0.25) is 0 Å². The number of benzene rings is 2. The number of imidazole rings is 1. The molecule has 1 aromatic heterocycles. The van der Waals surface area contributed by atoms with Crippen LogP contribution in [-0.4, -0.2) is 53.3 Å². The molecule has 210 valence electrons. The van der Waals surface area contributed by atoms with E-state index in [4.69, 9.17) is 14.5 Å². The maximum atomic E-state index is 12.6. The van der Waals surface area contributed by atoms with Crippen molar-refractivity contribution in [2.75, 3.05) is 30.4 Å². The molecule has 0 atom stereocenters. The molecule has 0 aliphatic carbocycles. The number of ether oxygens (including phenoxy) is 3. The number of carbonyl (C=O) groups excluding carboxylic acids is 1. The molecule has 1 N–H and O–H groups in total. The van der Waals surface area contributed by atoms with E-state index in [0.29, 0.717) is 24.7 Å². The molecule has 5 rings (SSSR count). The molecule has 0 saturated carbocycles. The van der Waals surface area contributed by atoms with Crippen molar-refractivity contribution in [1.29, 1.82) is 0 Å². The Bertz CT molecular complexity index is 1350. The Labute approximate surface area is 225 Å². The van der Waals surface area contributed by atoms with Crippen molar-refractivity contribution in [2.45, 2.75) is 64.1 Å². The lowest BCUT2D eigenvalue weighted by Crippen LogP contribution is -2.50. The Kier molecular flexibility index (Phi) is 6.69. The van der Waals surface area contributed by atoms with Gasteiger partial charge in [0, 0.05) is 30.5 Å². The number of alkyl halides is 3. The summed E-state index contributed by atoms with van der Waals surface area (Å²) in [5.41, 5.74) is 2.52. The predicted octanol–water partition coefficient (Wildman–Crippen LogP) is 6.20. The smallest absolute Gasteiger partial charge is 0.469 e. The summed E-state index contributed by atoms with van der Waals surface area (Å²) in [4.78, 5) is 18.8. The minimum Gasteiger partial charge on any atom is -0.469 e. The van der Waals surface area contributed by atoms with E-state index in [-0.39, 0.29) is 34.9 Å². The van der Waals surface area contributed by atoms with Crippen LogP contribution in [-0.2, 0) is 14.3 Å². The topological polar surface area (TPSA) is 77.9 Å². The van der Waals surface area contributed by atoms with E-state index in [2.05, 4.69) is 47.2 Å². The first-order valence-electron chi connectivity index (χ1n) is 12.9. The summed E-state index contributed by atoms with van der Waals surface area (Å²) in [7, 11) is 1.40. The van der Waals surface area contributed by atoms with Gasteiger partial charge in [0.2, 0.25) is 5.95 Å². The van der Waals surface area contributed by atoms with Crippen molar-refractivity contribution in [3.05, 3.63) is 42.5 Å². The van der Waals surface area contributed by atoms with Gasteiger partial charge in [-0.3, -0.25) is 4.79 Å². The molecule has 8 nitrogen and oxygen atoms in total. The number of esters is 1. The number of anilines is 3. The Hall–Kier alpha value is -3.47. The van der Waals surface area contributed by atoms with E-state index in [1.165, 1.54) is 31.4 Å². The highest BCUT2D eigenvalue weighted by Crippen LogP contribution is 2.44. The molecule has 2 saturated heterocycles. The highest BCUT2D eigenvalue weighted by molar-refractivity contribution is 5.85. The van der Waals surface area contributed by atoms with Gasteiger partial charge in [0.05, 0.1) is 35.3 Å². The predicted molar refractivity (Wildman–Crippen MR) is 141 cm³/mol. The zero-order valence-electron chi connectivity index (χ0n) is 22.6. The zero-order valence-corrected chi connectivity index (χ0v) is 22.6. The number of halogens is 3. The number of hydrogen-bond donors (Lipinski definition) is 1. The van der Waals surface area contributed by atoms with E-state index in [1.807, 2.05) is 18.2 Å². The van der Waals surface area contributed by atoms with Gasteiger partial charge in [-0.2, -0.15) is 0 Å². The summed E-state index contributed by atoms with van der Waals surface area (Å²) in [5.74, 6) is -0.0592. The maximum Gasteiger partial charge on any atom is 0.573 e. The van der Waals surface area contributed by atoms with Crippen molar-refractivity contribution in [3.8, 4) is 5.75 Å². The molecular weight excluding hydrogens is 513 g/mol. The van der Waals surface area contributed by atoms with Gasteiger partial charge in [0.25, 0.3) is 0 Å². The molecule has 3 aromatic rings. The number of nitrogens with zero attached hydrogens (tertiary/aromatic N) is 3. The second-order valence-electron chi connectivity index (χ2n) is 11.5. The lowest BCUT2D eigenvalue weighted by Gasteiger charge is -2.46. The van der Waals surface area contributed by atoms with Crippen molar-refractivity contribution < 1.29 is 32.2 Å². The van der Waals surface area contributed by atoms with Gasteiger partial charge in [0.15, 0.2) is 0 Å². The summed E-state index contributed by atoms with van der Waals surface area (Å²) in [5, 5.41) is 3.31. The van der Waals surface area contributed by atoms with Crippen LogP contribution in [0.15, 0.2) is 42.5 Å². The zero-order chi connectivity index (χ0) is 28.2. The molecule has 0 amide bonds. The highest BCUT2D eigenvalue weighted by Gasteiger charge is 2.41. The van der Waals surface area contributed by atoms with E-state index < -0.39 is 6.36 Å². The van der Waals surface area contributed by atoms with Crippen LogP contribution in [0.1, 0.15) is 46.6 Å². The van der Waals surface area contributed by atoms with Crippen LogP contribution in [0.3, 0.4) is 0 Å². The number of methoxy groups -OCH3 is 1. The molecule has 0 bridgehead atoms. The summed E-state index contributed by atoms with van der Waals surface area (Å²) in [6.07, 6.45) is -3.25. The molecule has 0 radical (unpaired) electrons. The average Bonchev–Trinajstić information content (AvgIpc) is 3.13. The van der Waals surface area contributed by atoms with Gasteiger partial charge in [-0.1, -0.05) is 0 Å². The normalized spacial score (nSPS) is 19.5. The first-order chi connectivity index (χ1) is 18.2. The van der Waals surface area contributed by atoms with Crippen LogP contribution in [0.5, 0.6) is 5.75 Å². The molecule has 2 aromatic carbocycles. The van der Waals surface area contributed by atoms with Gasteiger partial charge >= 0.3 is 12.3 Å². The Morgan fingerprint density at radius 1 is 1.05 bits per heavy atom. The van der Waals surface area contributed by atoms with Crippen LogP contribution in [0.4, 0.5) is 30.5 Å². The quantitative estimate of drug-likeness (QED) is 0.369. The fraction of sp³-hybridized carbons (Fsp3) is 0.500. The number of nitrogens with one attached hydrogen (secondary N) is 1. The number of fused-ring (bicyclic) bond motifs is 1. The third-order valence-electron chi connectivity index (χ3n) is 7.17. The van der Waals surface area contributed by atoms with E-state index in [9.17, 15) is 18.0 Å². The Morgan fingerprint density at radius 3 is 2.28 bits per heavy atom. The molecular formula is C28H33F3N4O4. The third-order valence-corrected chi connectivity index (χ3v) is 7.17. The summed E-state index contributed by atoms with van der Waals surface area (Å²) in [6.45, 7) is 9.47. The van der Waals surface area contributed by atoms with Crippen molar-refractivity contribution in [1.82, 2.24) is 9.55 Å². The van der Waals surface area contributed by atoms with Crippen LogP contribution >= 0.6 is 0 Å². The standard InChI is InChI=1S/C28H33F3N4O4/c1-26(2)13-20(14-27(3,4)39-26)35-23-11-8-19(34-15-17(16-34)24(36)37-5)12-22(23)33-25(35)32-18-6-9-21(10-7-18)38-28(29,30)31/h6-12,17,20H,13-16H2,1-5H3,(H,32,33). The van der Waals surface area contributed by atoms with Gasteiger partial charge < -0.3 is 29.0 Å². The van der Waals surface area contributed by atoms with E-state index in [0.717, 1.165) is 29.6 Å². The fourth-order valence-corrected chi connectivity index (χ4v) is 5.84. The Morgan fingerprint density at radius 2 is 1.69 bits per heavy atom. The SMILES string of the molecule is COC(=O)C1CN(c2ccc3c(c2)nc(Nc2ccc(OC(F)(F)F)cc2)n3C2CC(C)(C)OC(C)(C)C2)C1. The first kappa shape index (κ1) is 27.1. The largest absolute Gasteiger partial charge is 0.573 e. The third kappa shape index (κ3) is 5.93. The van der Waals surface area contributed by atoms with Crippen LogP contribution in [0.25, 0.3) is 11.0 Å². The second kappa shape index (κ2) is 9.62. The summed E-state index contributed by atoms with van der Waals surface area (Å²) >= 11 is 0. The van der Waals surface area contributed by atoms with Gasteiger partial charge in [-0.25, -0.2) is 4.98 Å². The number of hydrogen-bond acceptors (Lipinski definition) is 7. The molecule has 2 aliphatic rings. The minimum absolute atomic E-state index is 0.0580. The molecule has 0 spiro atoms. The fourth-order valence-electron chi connectivity index (χ4n) is 5.84. The molecule has 3 heterocycles. The second-order valence-corrected chi connectivity index (χ2v) is 11.5. The van der Waals surface area contributed by atoms with Crippen LogP contribution < -0.4 is 15.0 Å². The monoisotopic (exact) mass is 546 g/mol. The van der Waals surface area contributed by atoms with Crippen molar-refractivity contribution >= 4 is 34.3 Å². The summed E-state index contributed by atoms with van der Waals surface area (Å²) in [6, 6.07) is 11.7. The minimum atomic E-state index is -4.75. The first-order valence-corrected chi connectivity index (χ1v) is 12.9. The average molecular weight is 547 g/mol. The van der Waals surface area contributed by atoms with Gasteiger partial charge in [0.1, 0.15) is 5.75 Å². The molecule has 11 heteroatoms. The molecule has 2 aliphatic heterocycles. The number of carbonyl (C=O) groups is 1. The lowest BCUT2D eigenvalue weighted by atomic mass is 9.85. The molecule has 2 fully saturated rings. The van der Waals surface area contributed by atoms with Crippen molar-refractivity contribution in [2.24, 2.45) is 5.92 Å². The Balaban J connectivity index is 1.49. The van der Waals surface area contributed by atoms with E-state index in [1.54, 1.807) is 0 Å². The van der Waals surface area contributed by atoms with E-state index >= 15 is 0 Å². The molecule has 0 unspecified atom stereocenters. The highest BCUT2D eigenvalue weighted by atomic mass is 19.4. The van der Waals surface area contributed by atoms with Gasteiger partial charge in [-0.05, 0) is 83.0 Å². The van der Waals surface area contributed by atoms with Gasteiger partial charge in [-0.15, -0.1) is 13.2 Å². The lowest BCUT2D eigenvalue weighted by molar-refractivity contribution is -0.274. The summed E-state index contributed by atoms with van der Waals surface area (Å²) < 4.78 is 55.1.